The minimum atomic E-state index is -1.60. The van der Waals surface area contributed by atoms with E-state index < -0.39 is 11.7 Å². The molecule has 1 aromatic heterocycles. The van der Waals surface area contributed by atoms with Crippen LogP contribution in [0.25, 0.3) is 22.0 Å². The van der Waals surface area contributed by atoms with Gasteiger partial charge in [-0.05, 0) is 60.5 Å². The molecule has 1 N–H and O–H groups in total. The van der Waals surface area contributed by atoms with Crippen molar-refractivity contribution in [3.63, 3.8) is 0 Å². The molecule has 188 valence electrons. The van der Waals surface area contributed by atoms with Crippen LogP contribution in [-0.4, -0.2) is 36.0 Å². The van der Waals surface area contributed by atoms with E-state index in [1.807, 2.05) is 13.0 Å². The normalized spacial score (nSPS) is 13.1. The van der Waals surface area contributed by atoms with E-state index in [-0.39, 0.29) is 25.9 Å². The molecule has 0 fully saturated rings. The summed E-state index contributed by atoms with van der Waals surface area (Å²) in [5.41, 5.74) is 1.57. The number of nitrogens with zero attached hydrogens (tertiary/aromatic N) is 1. The van der Waals surface area contributed by atoms with Gasteiger partial charge in [0, 0.05) is 10.9 Å². The summed E-state index contributed by atoms with van der Waals surface area (Å²) in [5.74, 6) is 2.47. The van der Waals surface area contributed by atoms with Crippen LogP contribution in [0.1, 0.15) is 12.5 Å². The van der Waals surface area contributed by atoms with Crippen molar-refractivity contribution < 1.29 is 38.3 Å². The van der Waals surface area contributed by atoms with Gasteiger partial charge < -0.3 is 38.1 Å². The number of carbonyl (C=O) groups is 1. The highest BCUT2D eigenvalue weighted by Crippen LogP contribution is 2.42. The minimum absolute atomic E-state index is 0.0730. The lowest BCUT2D eigenvalue weighted by atomic mass is 9.98. The molecule has 2 aliphatic rings. The summed E-state index contributed by atoms with van der Waals surface area (Å²) < 4.78 is 34.1. The number of ether oxygens (including phenoxy) is 6. The standard InChI is InChI=1S/C27H21NO9/c1-2-32-17-5-6-19-18(11-17)24(16-4-8-21-23(10-16)36-14-34-21)25(37-27(30)31)26(29)28(19)12-15-3-7-20-22(9-15)35-13-33-20/h3-11H,2,12-14H2,1H3,(H,30,31). The molecule has 0 radical (unpaired) electrons. The Morgan fingerprint density at radius 3 is 2.35 bits per heavy atom. The third kappa shape index (κ3) is 4.02. The molecule has 3 aromatic carbocycles. The third-order valence-corrected chi connectivity index (χ3v) is 6.13. The Labute approximate surface area is 210 Å². The fourth-order valence-electron chi connectivity index (χ4n) is 4.57. The molecular formula is C27H21NO9. The number of fused-ring (bicyclic) bond motifs is 3. The Hall–Kier alpha value is -4.86. The summed E-state index contributed by atoms with van der Waals surface area (Å²) in [6, 6.07) is 15.8. The highest BCUT2D eigenvalue weighted by molar-refractivity contribution is 5.99. The van der Waals surface area contributed by atoms with Gasteiger partial charge in [-0.1, -0.05) is 12.1 Å². The summed E-state index contributed by atoms with van der Waals surface area (Å²) in [6.07, 6.45) is -1.60. The Bertz CT molecular complexity index is 1610. The molecule has 0 aliphatic carbocycles. The molecule has 0 unspecified atom stereocenters. The summed E-state index contributed by atoms with van der Waals surface area (Å²) in [6.45, 7) is 2.63. The second-order valence-corrected chi connectivity index (χ2v) is 8.33. The van der Waals surface area contributed by atoms with Gasteiger partial charge >= 0.3 is 6.16 Å². The van der Waals surface area contributed by atoms with Crippen molar-refractivity contribution in [1.82, 2.24) is 4.57 Å². The first-order valence-corrected chi connectivity index (χ1v) is 11.5. The van der Waals surface area contributed by atoms with E-state index in [0.717, 1.165) is 5.56 Å². The van der Waals surface area contributed by atoms with Crippen LogP contribution in [0, 0.1) is 0 Å². The van der Waals surface area contributed by atoms with Crippen molar-refractivity contribution in [2.24, 2.45) is 0 Å². The van der Waals surface area contributed by atoms with Gasteiger partial charge in [0.2, 0.25) is 19.3 Å². The fraction of sp³-hybridized carbons (Fsp3) is 0.185. The highest BCUT2D eigenvalue weighted by atomic mass is 16.7. The average Bonchev–Trinajstić information content (AvgIpc) is 3.55. The molecule has 3 heterocycles. The van der Waals surface area contributed by atoms with Gasteiger partial charge in [-0.2, -0.15) is 0 Å². The van der Waals surface area contributed by atoms with Crippen LogP contribution in [0.5, 0.6) is 34.5 Å². The number of benzene rings is 3. The first-order chi connectivity index (χ1) is 18.0. The van der Waals surface area contributed by atoms with Gasteiger partial charge in [0.05, 0.1) is 18.7 Å². The van der Waals surface area contributed by atoms with Gasteiger partial charge in [-0.3, -0.25) is 4.79 Å². The number of pyridine rings is 1. The summed E-state index contributed by atoms with van der Waals surface area (Å²) in [4.78, 5) is 25.6. The zero-order chi connectivity index (χ0) is 25.5. The minimum Gasteiger partial charge on any atom is -0.494 e. The van der Waals surface area contributed by atoms with E-state index >= 15 is 0 Å². The molecule has 0 bridgehead atoms. The predicted octanol–water partition coefficient (Wildman–Crippen LogP) is 4.63. The molecule has 4 aromatic rings. The molecule has 0 saturated carbocycles. The number of aromatic nitrogens is 1. The molecule has 10 heteroatoms. The molecular weight excluding hydrogens is 482 g/mol. The van der Waals surface area contributed by atoms with E-state index in [0.29, 0.717) is 57.4 Å². The summed E-state index contributed by atoms with van der Waals surface area (Å²) >= 11 is 0. The average molecular weight is 503 g/mol. The summed E-state index contributed by atoms with van der Waals surface area (Å²) in [5, 5.41) is 10.1. The molecule has 6 rings (SSSR count). The molecule has 0 saturated heterocycles. The van der Waals surface area contributed by atoms with E-state index in [9.17, 15) is 14.7 Å². The topological polar surface area (TPSA) is 115 Å². The number of hydrogen-bond donors (Lipinski definition) is 1. The van der Waals surface area contributed by atoms with Gasteiger partial charge in [0.25, 0.3) is 5.56 Å². The predicted molar refractivity (Wildman–Crippen MR) is 131 cm³/mol. The molecule has 10 nitrogen and oxygen atoms in total. The fourth-order valence-corrected chi connectivity index (χ4v) is 4.57. The van der Waals surface area contributed by atoms with Crippen LogP contribution in [0.15, 0.2) is 59.4 Å². The van der Waals surface area contributed by atoms with Gasteiger partial charge in [-0.25, -0.2) is 4.79 Å². The van der Waals surface area contributed by atoms with Crippen LogP contribution in [0.2, 0.25) is 0 Å². The zero-order valence-corrected chi connectivity index (χ0v) is 19.7. The third-order valence-electron chi connectivity index (χ3n) is 6.13. The van der Waals surface area contributed by atoms with Crippen molar-refractivity contribution in [2.45, 2.75) is 13.5 Å². The second kappa shape index (κ2) is 8.98. The first kappa shape index (κ1) is 22.6. The lowest BCUT2D eigenvalue weighted by Crippen LogP contribution is -2.25. The zero-order valence-electron chi connectivity index (χ0n) is 19.7. The van der Waals surface area contributed by atoms with Crippen molar-refractivity contribution in [3.8, 4) is 45.6 Å². The lowest BCUT2D eigenvalue weighted by molar-refractivity contribution is 0.144. The van der Waals surface area contributed by atoms with E-state index in [4.69, 9.17) is 28.4 Å². The Morgan fingerprint density at radius 1 is 0.919 bits per heavy atom. The Morgan fingerprint density at radius 2 is 1.62 bits per heavy atom. The number of hydrogen-bond acceptors (Lipinski definition) is 8. The molecule has 0 atom stereocenters. The Kier molecular flexibility index (Phi) is 5.48. The Balaban J connectivity index is 1.60. The molecule has 0 amide bonds. The highest BCUT2D eigenvalue weighted by Gasteiger charge is 2.25. The quantitative estimate of drug-likeness (QED) is 0.376. The smallest absolute Gasteiger partial charge is 0.494 e. The van der Waals surface area contributed by atoms with Crippen molar-refractivity contribution in [3.05, 3.63) is 70.5 Å². The molecule has 0 spiro atoms. The van der Waals surface area contributed by atoms with E-state index in [2.05, 4.69) is 0 Å². The summed E-state index contributed by atoms with van der Waals surface area (Å²) in [7, 11) is 0. The monoisotopic (exact) mass is 503 g/mol. The van der Waals surface area contributed by atoms with Crippen LogP contribution in [0.4, 0.5) is 4.79 Å². The van der Waals surface area contributed by atoms with E-state index in [1.165, 1.54) is 4.57 Å². The van der Waals surface area contributed by atoms with Crippen molar-refractivity contribution in [1.29, 1.82) is 0 Å². The van der Waals surface area contributed by atoms with Gasteiger partial charge in [0.15, 0.2) is 23.0 Å². The van der Waals surface area contributed by atoms with Crippen LogP contribution in [0.3, 0.4) is 0 Å². The van der Waals surface area contributed by atoms with Crippen LogP contribution >= 0.6 is 0 Å². The van der Waals surface area contributed by atoms with Gasteiger partial charge in [-0.15, -0.1) is 0 Å². The van der Waals surface area contributed by atoms with Gasteiger partial charge in [0.1, 0.15) is 5.75 Å². The maximum Gasteiger partial charge on any atom is 0.511 e. The van der Waals surface area contributed by atoms with Crippen LogP contribution < -0.4 is 34.0 Å². The largest absolute Gasteiger partial charge is 0.511 e. The SMILES string of the molecule is CCOc1ccc2c(c1)c(-c1ccc3c(c1)OCO3)c(OC(=O)O)c(=O)n2Cc1ccc2c(c1)OCO2. The van der Waals surface area contributed by atoms with Crippen LogP contribution in [-0.2, 0) is 6.54 Å². The molecule has 2 aliphatic heterocycles. The second-order valence-electron chi connectivity index (χ2n) is 8.33. The number of rotatable bonds is 6. The van der Waals surface area contributed by atoms with Crippen molar-refractivity contribution >= 4 is 17.1 Å². The van der Waals surface area contributed by atoms with Crippen molar-refractivity contribution in [2.75, 3.05) is 20.2 Å². The maximum absolute atomic E-state index is 13.8. The van der Waals surface area contributed by atoms with E-state index in [1.54, 1.807) is 48.5 Å². The maximum atomic E-state index is 13.8. The molecule has 37 heavy (non-hydrogen) atoms. The lowest BCUT2D eigenvalue weighted by Gasteiger charge is -2.18. The first-order valence-electron chi connectivity index (χ1n) is 11.5. The number of carboxylic acid groups (broad SMARTS) is 1.